The SMILES string of the molecule is CC(NC(CCC(C)(C)C)C(=O)O)c1ccc2c(c1)OCO2. The van der Waals surface area contributed by atoms with Gasteiger partial charge in [0, 0.05) is 6.04 Å². The number of hydrogen-bond acceptors (Lipinski definition) is 4. The Morgan fingerprint density at radius 2 is 2.00 bits per heavy atom. The van der Waals surface area contributed by atoms with Crippen molar-refractivity contribution in [3.8, 4) is 11.5 Å². The summed E-state index contributed by atoms with van der Waals surface area (Å²) in [5.74, 6) is 0.642. The molecule has 1 heterocycles. The molecule has 0 spiro atoms. The van der Waals surface area contributed by atoms with Gasteiger partial charge in [0.05, 0.1) is 0 Å². The van der Waals surface area contributed by atoms with Gasteiger partial charge in [-0.15, -0.1) is 0 Å². The van der Waals surface area contributed by atoms with Crippen LogP contribution in [0.15, 0.2) is 18.2 Å². The van der Waals surface area contributed by atoms with Crippen molar-refractivity contribution in [1.29, 1.82) is 0 Å². The van der Waals surface area contributed by atoms with Crippen molar-refractivity contribution in [2.24, 2.45) is 5.41 Å². The first-order valence-electron chi connectivity index (χ1n) is 7.65. The molecule has 0 aliphatic carbocycles. The van der Waals surface area contributed by atoms with E-state index >= 15 is 0 Å². The van der Waals surface area contributed by atoms with Crippen LogP contribution < -0.4 is 14.8 Å². The first kappa shape index (κ1) is 16.6. The summed E-state index contributed by atoms with van der Waals surface area (Å²) in [6.07, 6.45) is 1.46. The van der Waals surface area contributed by atoms with Gasteiger partial charge in [0.25, 0.3) is 0 Å². The van der Waals surface area contributed by atoms with Gasteiger partial charge in [-0.25, -0.2) is 0 Å². The molecule has 0 fully saturated rings. The Balaban J connectivity index is 2.01. The highest BCUT2D eigenvalue weighted by atomic mass is 16.7. The topological polar surface area (TPSA) is 67.8 Å². The lowest BCUT2D eigenvalue weighted by molar-refractivity contribution is -0.140. The molecule has 22 heavy (non-hydrogen) atoms. The van der Waals surface area contributed by atoms with Crippen molar-refractivity contribution >= 4 is 5.97 Å². The van der Waals surface area contributed by atoms with Gasteiger partial charge >= 0.3 is 5.97 Å². The van der Waals surface area contributed by atoms with Crippen LogP contribution in [0.3, 0.4) is 0 Å². The molecule has 2 rings (SSSR count). The van der Waals surface area contributed by atoms with Crippen LogP contribution in [0, 0.1) is 5.41 Å². The van der Waals surface area contributed by atoms with E-state index in [1.807, 2.05) is 25.1 Å². The van der Waals surface area contributed by atoms with Crippen molar-refractivity contribution in [3.05, 3.63) is 23.8 Å². The molecule has 1 aromatic rings. The number of rotatable bonds is 6. The minimum Gasteiger partial charge on any atom is -0.480 e. The molecule has 0 radical (unpaired) electrons. The first-order chi connectivity index (χ1) is 10.3. The first-order valence-corrected chi connectivity index (χ1v) is 7.65. The lowest BCUT2D eigenvalue weighted by Crippen LogP contribution is -2.39. The van der Waals surface area contributed by atoms with Crippen molar-refractivity contribution in [2.75, 3.05) is 6.79 Å². The second kappa shape index (κ2) is 6.57. The molecular weight excluding hydrogens is 282 g/mol. The summed E-state index contributed by atoms with van der Waals surface area (Å²) in [4.78, 5) is 11.5. The van der Waals surface area contributed by atoms with Gasteiger partial charge in [0.1, 0.15) is 6.04 Å². The minimum atomic E-state index is -0.808. The predicted molar refractivity (Wildman–Crippen MR) is 84.2 cm³/mol. The Labute approximate surface area is 131 Å². The fraction of sp³-hybridized carbons (Fsp3) is 0.588. The number of hydrogen-bond donors (Lipinski definition) is 2. The Morgan fingerprint density at radius 1 is 1.32 bits per heavy atom. The average molecular weight is 307 g/mol. The molecule has 1 aliphatic rings. The molecule has 0 aromatic heterocycles. The van der Waals surface area contributed by atoms with Crippen LogP contribution in [0.1, 0.15) is 52.1 Å². The smallest absolute Gasteiger partial charge is 0.320 e. The average Bonchev–Trinajstić information content (AvgIpc) is 2.88. The Bertz CT molecular complexity index is 536. The summed E-state index contributed by atoms with van der Waals surface area (Å²) < 4.78 is 10.7. The number of carboxylic acids is 1. The molecule has 1 aliphatic heterocycles. The lowest BCUT2D eigenvalue weighted by Gasteiger charge is -2.24. The molecular formula is C17H25NO4. The van der Waals surface area contributed by atoms with Crippen LogP contribution >= 0.6 is 0 Å². The summed E-state index contributed by atoms with van der Waals surface area (Å²) in [5, 5.41) is 12.6. The van der Waals surface area contributed by atoms with E-state index in [1.165, 1.54) is 0 Å². The Hall–Kier alpha value is -1.75. The zero-order valence-electron chi connectivity index (χ0n) is 13.7. The van der Waals surface area contributed by atoms with Gasteiger partial charge in [-0.1, -0.05) is 26.8 Å². The highest BCUT2D eigenvalue weighted by molar-refractivity contribution is 5.73. The fourth-order valence-corrected chi connectivity index (χ4v) is 2.44. The van der Waals surface area contributed by atoms with Gasteiger partial charge in [-0.05, 0) is 42.9 Å². The predicted octanol–water partition coefficient (Wildman–Crippen LogP) is 3.35. The number of aliphatic carboxylic acids is 1. The van der Waals surface area contributed by atoms with Crippen molar-refractivity contribution < 1.29 is 19.4 Å². The quantitative estimate of drug-likeness (QED) is 0.843. The summed E-state index contributed by atoms with van der Waals surface area (Å²) >= 11 is 0. The lowest BCUT2D eigenvalue weighted by atomic mass is 9.88. The van der Waals surface area contributed by atoms with Crippen molar-refractivity contribution in [2.45, 2.75) is 52.6 Å². The van der Waals surface area contributed by atoms with Gasteiger partial charge in [-0.3, -0.25) is 10.1 Å². The van der Waals surface area contributed by atoms with E-state index in [-0.39, 0.29) is 18.2 Å². The number of carboxylic acid groups (broad SMARTS) is 1. The van der Waals surface area contributed by atoms with E-state index in [0.717, 1.165) is 17.7 Å². The molecule has 5 heteroatoms. The molecule has 1 aromatic carbocycles. The zero-order valence-corrected chi connectivity index (χ0v) is 13.7. The molecule has 122 valence electrons. The fourth-order valence-electron chi connectivity index (χ4n) is 2.44. The van der Waals surface area contributed by atoms with Crippen molar-refractivity contribution in [1.82, 2.24) is 5.32 Å². The molecule has 0 amide bonds. The van der Waals surface area contributed by atoms with Crippen LogP contribution in [-0.2, 0) is 4.79 Å². The number of nitrogens with one attached hydrogen (secondary N) is 1. The second-order valence-electron chi connectivity index (χ2n) is 6.99. The second-order valence-corrected chi connectivity index (χ2v) is 6.99. The van der Waals surface area contributed by atoms with Crippen LogP contribution in [0.5, 0.6) is 11.5 Å². The third-order valence-corrected chi connectivity index (χ3v) is 3.83. The summed E-state index contributed by atoms with van der Waals surface area (Å²) in [6, 6.07) is 5.08. The van der Waals surface area contributed by atoms with Crippen molar-refractivity contribution in [3.63, 3.8) is 0 Å². The Kier molecular flexibility index (Phi) is 4.96. The standard InChI is InChI=1S/C17H25NO4/c1-11(12-5-6-14-15(9-12)22-10-21-14)18-13(16(19)20)7-8-17(2,3)4/h5-6,9,11,13,18H,7-8,10H2,1-4H3,(H,19,20). The molecule has 2 unspecified atom stereocenters. The molecule has 0 saturated heterocycles. The van der Waals surface area contributed by atoms with Gasteiger partial charge < -0.3 is 14.6 Å². The van der Waals surface area contributed by atoms with E-state index in [0.29, 0.717) is 12.2 Å². The molecule has 5 nitrogen and oxygen atoms in total. The molecule has 2 N–H and O–H groups in total. The van der Waals surface area contributed by atoms with E-state index in [2.05, 4.69) is 26.1 Å². The highest BCUT2D eigenvalue weighted by Crippen LogP contribution is 2.34. The van der Waals surface area contributed by atoms with Gasteiger partial charge in [-0.2, -0.15) is 0 Å². The highest BCUT2D eigenvalue weighted by Gasteiger charge is 2.24. The molecule has 2 atom stereocenters. The number of benzene rings is 1. The Morgan fingerprint density at radius 3 is 2.64 bits per heavy atom. The number of carbonyl (C=O) groups is 1. The third-order valence-electron chi connectivity index (χ3n) is 3.83. The zero-order chi connectivity index (χ0) is 16.3. The maximum absolute atomic E-state index is 11.5. The van der Waals surface area contributed by atoms with Crippen LogP contribution in [0.2, 0.25) is 0 Å². The summed E-state index contributed by atoms with van der Waals surface area (Å²) in [7, 11) is 0. The van der Waals surface area contributed by atoms with Crippen LogP contribution in [0.4, 0.5) is 0 Å². The summed E-state index contributed by atoms with van der Waals surface area (Å²) in [5.41, 5.74) is 1.11. The maximum Gasteiger partial charge on any atom is 0.320 e. The number of fused-ring (bicyclic) bond motifs is 1. The number of ether oxygens (including phenoxy) is 2. The van der Waals surface area contributed by atoms with E-state index in [4.69, 9.17) is 9.47 Å². The largest absolute Gasteiger partial charge is 0.480 e. The monoisotopic (exact) mass is 307 g/mol. The van der Waals surface area contributed by atoms with E-state index in [1.54, 1.807) is 0 Å². The van der Waals surface area contributed by atoms with E-state index in [9.17, 15) is 9.90 Å². The maximum atomic E-state index is 11.5. The van der Waals surface area contributed by atoms with Gasteiger partial charge in [0.15, 0.2) is 11.5 Å². The van der Waals surface area contributed by atoms with E-state index < -0.39 is 12.0 Å². The van der Waals surface area contributed by atoms with Crippen LogP contribution in [-0.4, -0.2) is 23.9 Å². The minimum absolute atomic E-state index is 0.0735. The van der Waals surface area contributed by atoms with Crippen LogP contribution in [0.25, 0.3) is 0 Å². The van der Waals surface area contributed by atoms with Gasteiger partial charge in [0.2, 0.25) is 6.79 Å². The third kappa shape index (κ3) is 4.37. The summed E-state index contributed by atoms with van der Waals surface area (Å²) in [6.45, 7) is 8.56. The normalized spacial score (nSPS) is 16.4. The molecule has 0 bridgehead atoms. The molecule has 0 saturated carbocycles.